The van der Waals surface area contributed by atoms with E-state index in [0.717, 1.165) is 23.5 Å². The highest BCUT2D eigenvalue weighted by atomic mass is 16.5. The molecule has 2 aliphatic rings. The van der Waals surface area contributed by atoms with Crippen LogP contribution in [0.5, 0.6) is 5.75 Å². The van der Waals surface area contributed by atoms with Gasteiger partial charge in [0.2, 0.25) is 5.91 Å². The van der Waals surface area contributed by atoms with Crippen LogP contribution < -0.4 is 15.4 Å². The Balaban J connectivity index is 1.97. The first-order valence-corrected chi connectivity index (χ1v) is 7.06. The molecule has 5 nitrogen and oxygen atoms in total. The summed E-state index contributed by atoms with van der Waals surface area (Å²) < 4.78 is 11.2. The van der Waals surface area contributed by atoms with Gasteiger partial charge in [-0.3, -0.25) is 4.79 Å². The summed E-state index contributed by atoms with van der Waals surface area (Å²) in [5.41, 5.74) is 1.09. The largest absolute Gasteiger partial charge is 0.491 e. The molecule has 20 heavy (non-hydrogen) atoms. The number of carbonyl (C=O) groups is 1. The quantitative estimate of drug-likeness (QED) is 0.889. The maximum atomic E-state index is 12.5. The molecule has 3 rings (SSSR count). The first-order valence-electron chi connectivity index (χ1n) is 7.06. The van der Waals surface area contributed by atoms with Gasteiger partial charge in [0.15, 0.2) is 0 Å². The topological polar surface area (TPSA) is 59.6 Å². The van der Waals surface area contributed by atoms with Crippen LogP contribution in [0.4, 0.5) is 11.4 Å². The molecule has 0 aromatic heterocycles. The molecule has 2 heterocycles. The van der Waals surface area contributed by atoms with Crippen LogP contribution in [-0.2, 0) is 9.53 Å². The molecule has 5 heteroatoms. The van der Waals surface area contributed by atoms with Crippen LogP contribution in [0.15, 0.2) is 18.2 Å². The zero-order valence-corrected chi connectivity index (χ0v) is 11.9. The van der Waals surface area contributed by atoms with Gasteiger partial charge < -0.3 is 20.1 Å². The lowest BCUT2D eigenvalue weighted by atomic mass is 9.84. The van der Waals surface area contributed by atoms with Crippen LogP contribution in [0.2, 0.25) is 0 Å². The number of nitrogens with one attached hydrogen (secondary N) is 2. The SMILES string of the molecule is CCCOc1cccc2c1NC(=O)C1(C)COCC1N2. The molecule has 108 valence electrons. The molecule has 2 aliphatic heterocycles. The van der Waals surface area contributed by atoms with Crippen molar-refractivity contribution in [3.63, 3.8) is 0 Å². The third-order valence-corrected chi connectivity index (χ3v) is 4.03. The molecule has 1 saturated heterocycles. The maximum Gasteiger partial charge on any atom is 0.234 e. The number of anilines is 2. The zero-order valence-electron chi connectivity index (χ0n) is 11.9. The molecule has 1 aromatic rings. The van der Waals surface area contributed by atoms with E-state index in [0.29, 0.717) is 19.8 Å². The summed E-state index contributed by atoms with van der Waals surface area (Å²) in [5.74, 6) is 0.702. The highest BCUT2D eigenvalue weighted by Gasteiger charge is 2.48. The van der Waals surface area contributed by atoms with E-state index >= 15 is 0 Å². The van der Waals surface area contributed by atoms with Gasteiger partial charge in [-0.1, -0.05) is 13.0 Å². The Labute approximate surface area is 118 Å². The van der Waals surface area contributed by atoms with Crippen molar-refractivity contribution in [2.24, 2.45) is 5.41 Å². The standard InChI is InChI=1S/C15H20N2O3/c1-3-7-20-11-6-4-5-10-13(11)17-14(18)15(2)9-19-8-12(15)16-10/h4-6,12,16H,3,7-9H2,1-2H3,(H,17,18). The van der Waals surface area contributed by atoms with E-state index in [1.165, 1.54) is 0 Å². The van der Waals surface area contributed by atoms with Gasteiger partial charge in [0.1, 0.15) is 11.4 Å². The molecule has 1 amide bonds. The minimum Gasteiger partial charge on any atom is -0.491 e. The predicted molar refractivity (Wildman–Crippen MR) is 77.2 cm³/mol. The number of amides is 1. The van der Waals surface area contributed by atoms with E-state index in [2.05, 4.69) is 17.6 Å². The number of hydrogen-bond donors (Lipinski definition) is 2. The van der Waals surface area contributed by atoms with Crippen LogP contribution in [-0.4, -0.2) is 31.8 Å². The lowest BCUT2D eigenvalue weighted by molar-refractivity contribution is -0.124. The summed E-state index contributed by atoms with van der Waals surface area (Å²) in [6.45, 7) is 5.61. The summed E-state index contributed by atoms with van der Waals surface area (Å²) in [7, 11) is 0. The lowest BCUT2D eigenvalue weighted by Crippen LogP contribution is -2.44. The monoisotopic (exact) mass is 276 g/mol. The normalized spacial score (nSPS) is 27.9. The van der Waals surface area contributed by atoms with Gasteiger partial charge in [0, 0.05) is 0 Å². The summed E-state index contributed by atoms with van der Waals surface area (Å²) in [6.07, 6.45) is 0.930. The van der Waals surface area contributed by atoms with Crippen molar-refractivity contribution in [1.29, 1.82) is 0 Å². The molecular formula is C15H20N2O3. The lowest BCUT2D eigenvalue weighted by Gasteiger charge is -2.25. The summed E-state index contributed by atoms with van der Waals surface area (Å²) in [4.78, 5) is 12.5. The van der Waals surface area contributed by atoms with Crippen molar-refractivity contribution in [2.75, 3.05) is 30.5 Å². The number of ether oxygens (including phenoxy) is 2. The fourth-order valence-corrected chi connectivity index (χ4v) is 2.65. The van der Waals surface area contributed by atoms with Crippen LogP contribution in [0.3, 0.4) is 0 Å². The highest BCUT2D eigenvalue weighted by Crippen LogP contribution is 2.41. The molecular weight excluding hydrogens is 256 g/mol. The van der Waals surface area contributed by atoms with E-state index in [-0.39, 0.29) is 11.9 Å². The first kappa shape index (κ1) is 13.2. The van der Waals surface area contributed by atoms with Gasteiger partial charge in [-0.25, -0.2) is 0 Å². The number of fused-ring (bicyclic) bond motifs is 2. The minimum atomic E-state index is -0.541. The smallest absolute Gasteiger partial charge is 0.234 e. The Morgan fingerprint density at radius 3 is 3.15 bits per heavy atom. The van der Waals surface area contributed by atoms with Crippen molar-refractivity contribution in [1.82, 2.24) is 0 Å². The van der Waals surface area contributed by atoms with Crippen molar-refractivity contribution in [3.05, 3.63) is 18.2 Å². The van der Waals surface area contributed by atoms with Crippen LogP contribution in [0.1, 0.15) is 20.3 Å². The Hall–Kier alpha value is -1.75. The first-order chi connectivity index (χ1) is 9.65. The van der Waals surface area contributed by atoms with E-state index in [1.807, 2.05) is 25.1 Å². The van der Waals surface area contributed by atoms with Gasteiger partial charge in [-0.2, -0.15) is 0 Å². The average molecular weight is 276 g/mol. The van der Waals surface area contributed by atoms with Crippen molar-refractivity contribution < 1.29 is 14.3 Å². The summed E-state index contributed by atoms with van der Waals surface area (Å²) >= 11 is 0. The summed E-state index contributed by atoms with van der Waals surface area (Å²) in [6, 6.07) is 5.77. The molecule has 1 fully saturated rings. The van der Waals surface area contributed by atoms with Gasteiger partial charge >= 0.3 is 0 Å². The average Bonchev–Trinajstić information content (AvgIpc) is 2.77. The third-order valence-electron chi connectivity index (χ3n) is 4.03. The molecule has 2 atom stereocenters. The molecule has 0 radical (unpaired) electrons. The highest BCUT2D eigenvalue weighted by molar-refractivity contribution is 6.02. The molecule has 1 aromatic carbocycles. The predicted octanol–water partition coefficient (Wildman–Crippen LogP) is 2.24. The zero-order chi connectivity index (χ0) is 14.2. The number of hydrogen-bond acceptors (Lipinski definition) is 4. The van der Waals surface area contributed by atoms with E-state index < -0.39 is 5.41 Å². The molecule has 0 spiro atoms. The number of para-hydroxylation sites is 1. The van der Waals surface area contributed by atoms with Crippen molar-refractivity contribution in [3.8, 4) is 5.75 Å². The van der Waals surface area contributed by atoms with Gasteiger partial charge in [-0.05, 0) is 25.5 Å². The fraction of sp³-hybridized carbons (Fsp3) is 0.533. The molecule has 0 aliphatic carbocycles. The molecule has 2 unspecified atom stereocenters. The van der Waals surface area contributed by atoms with Gasteiger partial charge in [0.25, 0.3) is 0 Å². The Morgan fingerprint density at radius 1 is 1.50 bits per heavy atom. The summed E-state index contributed by atoms with van der Waals surface area (Å²) in [5, 5.41) is 6.43. The Bertz CT molecular complexity index is 532. The van der Waals surface area contributed by atoms with Crippen LogP contribution in [0, 0.1) is 5.41 Å². The number of benzene rings is 1. The van der Waals surface area contributed by atoms with Gasteiger partial charge in [-0.15, -0.1) is 0 Å². The minimum absolute atomic E-state index is 0.00910. The van der Waals surface area contributed by atoms with Crippen LogP contribution >= 0.6 is 0 Å². The number of carbonyl (C=O) groups excluding carboxylic acids is 1. The third kappa shape index (κ3) is 2.02. The van der Waals surface area contributed by atoms with Crippen LogP contribution in [0.25, 0.3) is 0 Å². The molecule has 0 bridgehead atoms. The Morgan fingerprint density at radius 2 is 2.35 bits per heavy atom. The second-order valence-corrected chi connectivity index (χ2v) is 5.61. The maximum absolute atomic E-state index is 12.5. The fourth-order valence-electron chi connectivity index (χ4n) is 2.65. The van der Waals surface area contributed by atoms with E-state index in [4.69, 9.17) is 9.47 Å². The number of rotatable bonds is 3. The van der Waals surface area contributed by atoms with Crippen molar-refractivity contribution >= 4 is 17.3 Å². The van der Waals surface area contributed by atoms with Crippen molar-refractivity contribution in [2.45, 2.75) is 26.3 Å². The second-order valence-electron chi connectivity index (χ2n) is 5.61. The molecule has 0 saturated carbocycles. The Kier molecular flexibility index (Phi) is 3.30. The second kappa shape index (κ2) is 4.98. The van der Waals surface area contributed by atoms with E-state index in [9.17, 15) is 4.79 Å². The van der Waals surface area contributed by atoms with Gasteiger partial charge in [0.05, 0.1) is 37.0 Å². The van der Waals surface area contributed by atoms with E-state index in [1.54, 1.807) is 0 Å². The molecule has 2 N–H and O–H groups in total.